The first kappa shape index (κ1) is 16.9. The van der Waals surface area contributed by atoms with Crippen LogP contribution in [0.5, 0.6) is 0 Å². The minimum atomic E-state index is -1.65. The highest BCUT2D eigenvalue weighted by Gasteiger charge is 2.51. The van der Waals surface area contributed by atoms with E-state index < -0.39 is 17.4 Å². The summed E-state index contributed by atoms with van der Waals surface area (Å²) in [6, 6.07) is 1.81. The van der Waals surface area contributed by atoms with E-state index in [9.17, 15) is 9.90 Å². The van der Waals surface area contributed by atoms with E-state index >= 15 is 0 Å². The zero-order chi connectivity index (χ0) is 16.1. The van der Waals surface area contributed by atoms with Crippen LogP contribution in [0.3, 0.4) is 0 Å². The molecule has 8 heteroatoms. The van der Waals surface area contributed by atoms with Crippen LogP contribution in [0.25, 0.3) is 0 Å². The summed E-state index contributed by atoms with van der Waals surface area (Å²) in [5, 5.41) is 24.6. The number of nitrogens with zero attached hydrogens (tertiary/aromatic N) is 2. The number of piperazine rings is 1. The molecule has 0 aromatic rings. The summed E-state index contributed by atoms with van der Waals surface area (Å²) in [7, 11) is 0. The summed E-state index contributed by atoms with van der Waals surface area (Å²) < 4.78 is 10.4. The number of carbonyl (C=O) groups is 1. The molecule has 0 aromatic heterocycles. The van der Waals surface area contributed by atoms with Gasteiger partial charge in [0.05, 0.1) is 6.61 Å². The summed E-state index contributed by atoms with van der Waals surface area (Å²) in [6.45, 7) is 7.17. The molecule has 0 saturated carbocycles. The summed E-state index contributed by atoms with van der Waals surface area (Å²) in [4.78, 5) is 15.8. The molecular weight excluding hydrogens is 276 g/mol. The normalized spacial score (nSPS) is 31.3. The number of ether oxygens (including phenoxy) is 2. The third-order valence-electron chi connectivity index (χ3n) is 3.08. The van der Waals surface area contributed by atoms with Crippen LogP contribution in [0.4, 0.5) is 0 Å². The quantitative estimate of drug-likeness (QED) is 0.284. The van der Waals surface area contributed by atoms with Gasteiger partial charge < -0.3 is 25.2 Å². The number of nitrogens with one attached hydrogen (secondary N) is 2. The van der Waals surface area contributed by atoms with Gasteiger partial charge in [0, 0.05) is 6.61 Å². The fourth-order valence-corrected chi connectivity index (χ4v) is 1.77. The minimum Gasteiger partial charge on any atom is -0.483 e. The second-order valence-corrected chi connectivity index (χ2v) is 4.64. The summed E-state index contributed by atoms with van der Waals surface area (Å²) >= 11 is 0. The van der Waals surface area contributed by atoms with Crippen LogP contribution in [-0.4, -0.2) is 42.1 Å². The van der Waals surface area contributed by atoms with Crippen molar-refractivity contribution in [1.29, 1.82) is 5.26 Å². The van der Waals surface area contributed by atoms with E-state index in [-0.39, 0.29) is 11.4 Å². The Bertz CT molecular complexity index is 507. The zero-order valence-corrected chi connectivity index (χ0v) is 12.6. The lowest BCUT2D eigenvalue weighted by Gasteiger charge is -2.47. The van der Waals surface area contributed by atoms with Crippen molar-refractivity contribution in [3.05, 3.63) is 11.4 Å². The number of aliphatic imine (C=N–C) groups is 1. The number of hydrogen-bond donors (Lipinski definition) is 3. The van der Waals surface area contributed by atoms with Gasteiger partial charge in [-0.3, -0.25) is 4.79 Å². The molecule has 2 atom stereocenters. The van der Waals surface area contributed by atoms with Crippen molar-refractivity contribution in [2.75, 3.05) is 13.2 Å². The van der Waals surface area contributed by atoms with Gasteiger partial charge in [-0.05, 0) is 27.7 Å². The monoisotopic (exact) mass is 296 g/mol. The smallest absolute Gasteiger partial charge is 0.272 e. The number of carbonyl (C=O) groups excluding carboxylic acids is 1. The summed E-state index contributed by atoms with van der Waals surface area (Å²) in [5.74, 6) is -0.651. The number of amides is 1. The molecule has 1 fully saturated rings. The first-order valence-electron chi connectivity index (χ1n) is 6.56. The standard InChI is InChI=1S/C13H20N4O4/c1-5-20-8-15-9(7-14)10-11(18)17-12(3,19)13(4,16-10)21-6-2/h8,16,19H,5-6H2,1-4H3,(H,17,18)/b10-9+,15-8?. The number of allylic oxidation sites excluding steroid dienone is 1. The Labute approximate surface area is 123 Å². The van der Waals surface area contributed by atoms with Gasteiger partial charge in [0.15, 0.2) is 23.5 Å². The Hall–Kier alpha value is -2.11. The Morgan fingerprint density at radius 1 is 1.43 bits per heavy atom. The van der Waals surface area contributed by atoms with Gasteiger partial charge in [0.25, 0.3) is 5.91 Å². The van der Waals surface area contributed by atoms with Crippen LogP contribution in [0, 0.1) is 11.3 Å². The number of rotatable bonds is 5. The van der Waals surface area contributed by atoms with Gasteiger partial charge in [-0.25, -0.2) is 4.99 Å². The van der Waals surface area contributed by atoms with Crippen LogP contribution in [0.1, 0.15) is 27.7 Å². The lowest BCUT2D eigenvalue weighted by atomic mass is 9.98. The van der Waals surface area contributed by atoms with E-state index in [1.54, 1.807) is 20.8 Å². The third kappa shape index (κ3) is 3.51. The average molecular weight is 296 g/mol. The predicted molar refractivity (Wildman–Crippen MR) is 74.7 cm³/mol. The van der Waals surface area contributed by atoms with E-state index in [2.05, 4.69) is 15.6 Å². The average Bonchev–Trinajstić information content (AvgIpc) is 2.40. The molecule has 0 spiro atoms. The van der Waals surface area contributed by atoms with Crippen LogP contribution in [-0.2, 0) is 14.3 Å². The van der Waals surface area contributed by atoms with Gasteiger partial charge in [0.2, 0.25) is 0 Å². The van der Waals surface area contributed by atoms with Gasteiger partial charge in [-0.15, -0.1) is 0 Å². The molecule has 8 nitrogen and oxygen atoms in total. The fourth-order valence-electron chi connectivity index (χ4n) is 1.77. The molecule has 21 heavy (non-hydrogen) atoms. The van der Waals surface area contributed by atoms with Crippen molar-refractivity contribution >= 4 is 12.3 Å². The van der Waals surface area contributed by atoms with Crippen LogP contribution < -0.4 is 10.6 Å². The molecule has 0 aliphatic carbocycles. The zero-order valence-electron chi connectivity index (χ0n) is 12.6. The van der Waals surface area contributed by atoms with E-state index in [1.807, 2.05) is 6.07 Å². The molecular formula is C13H20N4O4. The van der Waals surface area contributed by atoms with Crippen LogP contribution in [0.2, 0.25) is 0 Å². The molecule has 0 aromatic carbocycles. The van der Waals surface area contributed by atoms with Gasteiger partial charge in [-0.1, -0.05) is 0 Å². The highest BCUT2D eigenvalue weighted by atomic mass is 16.5. The highest BCUT2D eigenvalue weighted by Crippen LogP contribution is 2.27. The van der Waals surface area contributed by atoms with Crippen molar-refractivity contribution in [1.82, 2.24) is 10.6 Å². The second-order valence-electron chi connectivity index (χ2n) is 4.64. The van der Waals surface area contributed by atoms with E-state index in [1.165, 1.54) is 6.92 Å². The Morgan fingerprint density at radius 2 is 2.10 bits per heavy atom. The van der Waals surface area contributed by atoms with Crippen molar-refractivity contribution in [2.45, 2.75) is 39.1 Å². The SMILES string of the molecule is CCOC=N/C(C#N)=C1/NC(C)(OCC)C(C)(O)NC1=O. The lowest BCUT2D eigenvalue weighted by molar-refractivity contribution is -0.203. The number of nitriles is 1. The molecule has 2 unspecified atom stereocenters. The molecule has 3 N–H and O–H groups in total. The Morgan fingerprint density at radius 3 is 2.62 bits per heavy atom. The third-order valence-corrected chi connectivity index (χ3v) is 3.08. The van der Waals surface area contributed by atoms with E-state index in [0.29, 0.717) is 13.2 Å². The molecule has 0 bridgehead atoms. The van der Waals surface area contributed by atoms with Crippen molar-refractivity contribution in [3.63, 3.8) is 0 Å². The largest absolute Gasteiger partial charge is 0.483 e. The molecule has 0 radical (unpaired) electrons. The van der Waals surface area contributed by atoms with E-state index in [0.717, 1.165) is 6.40 Å². The Kier molecular flexibility index (Phi) is 5.29. The second kappa shape index (κ2) is 6.56. The summed E-state index contributed by atoms with van der Waals surface area (Å²) in [5.41, 5.74) is -3.19. The van der Waals surface area contributed by atoms with Crippen molar-refractivity contribution in [3.8, 4) is 6.07 Å². The van der Waals surface area contributed by atoms with Crippen molar-refractivity contribution in [2.24, 2.45) is 4.99 Å². The van der Waals surface area contributed by atoms with E-state index in [4.69, 9.17) is 14.7 Å². The number of aliphatic hydroxyl groups is 1. The maximum atomic E-state index is 12.0. The molecule has 116 valence electrons. The van der Waals surface area contributed by atoms with Gasteiger partial charge in [0.1, 0.15) is 11.8 Å². The molecule has 1 amide bonds. The highest BCUT2D eigenvalue weighted by molar-refractivity contribution is 5.96. The molecule has 1 saturated heterocycles. The molecule has 1 aliphatic heterocycles. The lowest BCUT2D eigenvalue weighted by Crippen LogP contribution is -2.73. The van der Waals surface area contributed by atoms with Crippen LogP contribution in [0.15, 0.2) is 16.4 Å². The topological polar surface area (TPSA) is 116 Å². The maximum absolute atomic E-state index is 12.0. The van der Waals surface area contributed by atoms with Gasteiger partial charge in [-0.2, -0.15) is 5.26 Å². The first-order valence-corrected chi connectivity index (χ1v) is 6.56. The first-order chi connectivity index (χ1) is 9.81. The minimum absolute atomic E-state index is 0.0871. The van der Waals surface area contributed by atoms with Crippen molar-refractivity contribution < 1.29 is 19.4 Å². The summed E-state index contributed by atoms with van der Waals surface area (Å²) in [6.07, 6.45) is 1.09. The molecule has 1 aliphatic rings. The fraction of sp³-hybridized carbons (Fsp3) is 0.615. The maximum Gasteiger partial charge on any atom is 0.272 e. The number of hydrogen-bond acceptors (Lipinski definition) is 7. The van der Waals surface area contributed by atoms with Gasteiger partial charge >= 0.3 is 0 Å². The predicted octanol–water partition coefficient (Wildman–Crippen LogP) is -0.0330. The molecule has 1 heterocycles. The molecule has 1 rings (SSSR count). The Balaban J connectivity index is 3.19. The van der Waals surface area contributed by atoms with Crippen LogP contribution >= 0.6 is 0 Å².